The highest BCUT2D eigenvalue weighted by Gasteiger charge is 2.19. The highest BCUT2D eigenvalue weighted by Crippen LogP contribution is 2.32. The average molecular weight is 482 g/mol. The van der Waals surface area contributed by atoms with Gasteiger partial charge in [-0.05, 0) is 48.5 Å². The van der Waals surface area contributed by atoms with Gasteiger partial charge in [-0.25, -0.2) is 8.42 Å². The topological polar surface area (TPSA) is 123 Å². The molecule has 1 heterocycles. The van der Waals surface area contributed by atoms with E-state index < -0.39 is 15.9 Å². The summed E-state index contributed by atoms with van der Waals surface area (Å²) in [6, 6.07) is 19.2. The monoisotopic (exact) mass is 481 g/mol. The zero-order valence-electron chi connectivity index (χ0n) is 18.1. The van der Waals surface area contributed by atoms with Crippen LogP contribution in [0.2, 0.25) is 0 Å². The molecule has 0 saturated carbocycles. The van der Waals surface area contributed by atoms with Gasteiger partial charge in [0, 0.05) is 29.4 Å². The number of hydrogen-bond acceptors (Lipinski definition) is 6. The number of fused-ring (bicyclic) bond motifs is 1. The number of nitrogens with one attached hydrogen (secondary N) is 3. The van der Waals surface area contributed by atoms with Crippen LogP contribution >= 0.6 is 0 Å². The van der Waals surface area contributed by atoms with Crippen LogP contribution in [0.5, 0.6) is 11.5 Å². The van der Waals surface area contributed by atoms with Crippen molar-refractivity contribution in [2.75, 3.05) is 29.8 Å². The molecule has 3 aromatic rings. The van der Waals surface area contributed by atoms with Crippen molar-refractivity contribution in [1.82, 2.24) is 5.32 Å². The van der Waals surface area contributed by atoms with Crippen LogP contribution in [0.3, 0.4) is 0 Å². The number of sulfonamides is 1. The molecule has 0 fully saturated rings. The number of anilines is 2. The maximum atomic E-state index is 12.8. The summed E-state index contributed by atoms with van der Waals surface area (Å²) in [7, 11) is -3.86. The number of benzene rings is 3. The van der Waals surface area contributed by atoms with Gasteiger partial charge < -0.3 is 20.1 Å². The van der Waals surface area contributed by atoms with Crippen LogP contribution in [0.25, 0.3) is 0 Å². The zero-order valence-corrected chi connectivity index (χ0v) is 18.9. The summed E-state index contributed by atoms with van der Waals surface area (Å²) in [5.41, 5.74) is 1.24. The van der Waals surface area contributed by atoms with Crippen molar-refractivity contribution in [1.29, 1.82) is 0 Å². The lowest BCUT2D eigenvalue weighted by Gasteiger charge is -2.12. The van der Waals surface area contributed by atoms with E-state index >= 15 is 0 Å². The van der Waals surface area contributed by atoms with Gasteiger partial charge in [0.15, 0.2) is 11.5 Å². The van der Waals surface area contributed by atoms with Crippen molar-refractivity contribution < 1.29 is 27.5 Å². The number of carbonyl (C=O) groups excluding carboxylic acids is 2. The first kappa shape index (κ1) is 23.1. The van der Waals surface area contributed by atoms with Crippen LogP contribution in [0.15, 0.2) is 77.7 Å². The summed E-state index contributed by atoms with van der Waals surface area (Å²) in [6.45, 7) is 0.763. The van der Waals surface area contributed by atoms with E-state index in [0.29, 0.717) is 41.7 Å². The fraction of sp³-hybridized carbons (Fsp3) is 0.167. The van der Waals surface area contributed by atoms with Gasteiger partial charge in [-0.3, -0.25) is 14.3 Å². The molecule has 0 saturated heterocycles. The molecule has 0 atom stereocenters. The predicted molar refractivity (Wildman–Crippen MR) is 127 cm³/mol. The Morgan fingerprint density at radius 1 is 0.824 bits per heavy atom. The smallest absolute Gasteiger partial charge is 0.262 e. The van der Waals surface area contributed by atoms with E-state index in [4.69, 9.17) is 9.47 Å². The molecular formula is C24H23N3O6S. The van der Waals surface area contributed by atoms with Gasteiger partial charge in [0.05, 0.1) is 24.7 Å². The lowest BCUT2D eigenvalue weighted by Crippen LogP contribution is -2.32. The van der Waals surface area contributed by atoms with Crippen LogP contribution in [-0.4, -0.2) is 40.0 Å². The molecule has 0 radical (unpaired) electrons. The van der Waals surface area contributed by atoms with Crippen molar-refractivity contribution in [3.63, 3.8) is 0 Å². The Hall–Kier alpha value is -4.05. The van der Waals surface area contributed by atoms with Gasteiger partial charge in [-0.2, -0.15) is 0 Å². The summed E-state index contributed by atoms with van der Waals surface area (Å²) in [6.07, 6.45) is 0.720. The fourth-order valence-corrected chi connectivity index (χ4v) is 4.28. The Kier molecular flexibility index (Phi) is 6.98. The molecule has 0 unspecified atom stereocenters. The van der Waals surface area contributed by atoms with Gasteiger partial charge in [0.2, 0.25) is 5.91 Å². The summed E-state index contributed by atoms with van der Waals surface area (Å²) < 4.78 is 39.2. The third-order valence-electron chi connectivity index (χ3n) is 4.90. The first-order chi connectivity index (χ1) is 16.4. The van der Waals surface area contributed by atoms with Gasteiger partial charge in [0.25, 0.3) is 15.9 Å². The van der Waals surface area contributed by atoms with Crippen molar-refractivity contribution in [3.8, 4) is 11.5 Å². The molecular weight excluding hydrogens is 458 g/mol. The van der Waals surface area contributed by atoms with E-state index in [1.165, 1.54) is 24.3 Å². The minimum Gasteiger partial charge on any atom is -0.490 e. The largest absolute Gasteiger partial charge is 0.490 e. The van der Waals surface area contributed by atoms with E-state index in [2.05, 4.69) is 15.4 Å². The minimum absolute atomic E-state index is 0.0447. The number of hydrogen-bond donors (Lipinski definition) is 3. The maximum Gasteiger partial charge on any atom is 0.262 e. The predicted octanol–water partition coefficient (Wildman–Crippen LogP) is 3.02. The Bertz CT molecular complexity index is 1280. The second-order valence-electron chi connectivity index (χ2n) is 7.44. The molecule has 4 rings (SSSR count). The third kappa shape index (κ3) is 5.84. The van der Waals surface area contributed by atoms with Crippen molar-refractivity contribution in [3.05, 3.63) is 78.4 Å². The highest BCUT2D eigenvalue weighted by molar-refractivity contribution is 7.92. The first-order valence-electron chi connectivity index (χ1n) is 10.6. The van der Waals surface area contributed by atoms with Crippen LogP contribution in [0.1, 0.15) is 16.8 Å². The molecule has 9 nitrogen and oxygen atoms in total. The Balaban J connectivity index is 1.34. The lowest BCUT2D eigenvalue weighted by molar-refractivity contribution is -0.115. The van der Waals surface area contributed by atoms with Gasteiger partial charge in [0.1, 0.15) is 0 Å². The SMILES string of the molecule is O=C(CNC(=O)c1ccccc1)Nc1ccc(NS(=O)(=O)c2ccc3c(c2)OCCCO3)cc1. The van der Waals surface area contributed by atoms with E-state index in [-0.39, 0.29) is 17.3 Å². The quantitative estimate of drug-likeness (QED) is 0.477. The number of rotatable bonds is 7. The third-order valence-corrected chi connectivity index (χ3v) is 6.27. The summed E-state index contributed by atoms with van der Waals surface area (Å²) in [5, 5.41) is 5.19. The molecule has 0 spiro atoms. The normalized spacial score (nSPS) is 12.8. The molecule has 1 aliphatic rings. The zero-order chi connectivity index (χ0) is 24.0. The van der Waals surface area contributed by atoms with Gasteiger partial charge in [-0.1, -0.05) is 18.2 Å². The lowest BCUT2D eigenvalue weighted by atomic mass is 10.2. The van der Waals surface area contributed by atoms with E-state index in [1.807, 2.05) is 0 Å². The maximum absolute atomic E-state index is 12.8. The van der Waals surface area contributed by atoms with E-state index in [0.717, 1.165) is 6.42 Å². The summed E-state index contributed by atoms with van der Waals surface area (Å²) in [4.78, 5) is 24.2. The standard InChI is InChI=1S/C24H23N3O6S/c28-23(16-25-24(29)17-5-2-1-3-6-17)26-18-7-9-19(10-8-18)27-34(30,31)20-11-12-21-22(15-20)33-14-4-13-32-21/h1-3,5-12,15,27H,4,13-14,16H2,(H,25,29)(H,26,28). The second-order valence-corrected chi connectivity index (χ2v) is 9.12. The first-order valence-corrected chi connectivity index (χ1v) is 12.0. The minimum atomic E-state index is -3.86. The average Bonchev–Trinajstić information content (AvgIpc) is 3.09. The van der Waals surface area contributed by atoms with E-state index in [9.17, 15) is 18.0 Å². The molecule has 10 heteroatoms. The van der Waals surface area contributed by atoms with Crippen molar-refractivity contribution in [2.45, 2.75) is 11.3 Å². The Morgan fingerprint density at radius 2 is 1.50 bits per heavy atom. The summed E-state index contributed by atoms with van der Waals surface area (Å²) in [5.74, 6) is 0.134. The van der Waals surface area contributed by atoms with Gasteiger partial charge >= 0.3 is 0 Å². The van der Waals surface area contributed by atoms with Crippen molar-refractivity contribution in [2.24, 2.45) is 0 Å². The fourth-order valence-electron chi connectivity index (χ4n) is 3.20. The Labute approximate surface area is 197 Å². The molecule has 3 N–H and O–H groups in total. The summed E-state index contributed by atoms with van der Waals surface area (Å²) >= 11 is 0. The molecule has 2 amide bonds. The molecule has 176 valence electrons. The van der Waals surface area contributed by atoms with Crippen LogP contribution in [0, 0.1) is 0 Å². The molecule has 34 heavy (non-hydrogen) atoms. The van der Waals surface area contributed by atoms with E-state index in [1.54, 1.807) is 48.5 Å². The second kappa shape index (κ2) is 10.3. The van der Waals surface area contributed by atoms with Crippen molar-refractivity contribution >= 4 is 33.2 Å². The number of amides is 2. The molecule has 0 aliphatic carbocycles. The Morgan fingerprint density at radius 3 is 2.24 bits per heavy atom. The highest BCUT2D eigenvalue weighted by atomic mass is 32.2. The van der Waals surface area contributed by atoms with Gasteiger partial charge in [-0.15, -0.1) is 0 Å². The molecule has 1 aliphatic heterocycles. The molecule has 0 aromatic heterocycles. The number of carbonyl (C=O) groups is 2. The van der Waals surface area contributed by atoms with Crippen LogP contribution < -0.4 is 24.8 Å². The molecule has 0 bridgehead atoms. The van der Waals surface area contributed by atoms with Crippen LogP contribution in [-0.2, 0) is 14.8 Å². The number of ether oxygens (including phenoxy) is 2. The molecule has 3 aromatic carbocycles. The van der Waals surface area contributed by atoms with Crippen LogP contribution in [0.4, 0.5) is 11.4 Å².